The number of hydrogen-bond donors (Lipinski definition) is 7. The maximum Gasteiger partial charge on any atom is 0.492 e. The fourth-order valence-electron chi connectivity index (χ4n) is 10.3. The summed E-state index contributed by atoms with van der Waals surface area (Å²) in [5.74, 6) is -2.05. The van der Waals surface area contributed by atoms with Crippen LogP contribution in [0.25, 0.3) is 22.5 Å². The molecule has 0 amide bonds. The predicted molar refractivity (Wildman–Crippen MR) is 414 cm³/mol. The van der Waals surface area contributed by atoms with Crippen molar-refractivity contribution in [2.24, 2.45) is 0 Å². The van der Waals surface area contributed by atoms with Crippen molar-refractivity contribution in [2.45, 2.75) is 109 Å². The van der Waals surface area contributed by atoms with Crippen molar-refractivity contribution >= 4 is 98.7 Å². The second-order valence-corrected chi connectivity index (χ2v) is 27.2. The monoisotopic (exact) mass is 1780 g/mol. The van der Waals surface area contributed by atoms with Gasteiger partial charge >= 0.3 is 14.2 Å². The summed E-state index contributed by atoms with van der Waals surface area (Å²) >= 11 is 12.7. The quantitative estimate of drug-likeness (QED) is 0.0231. The zero-order valence-electron chi connectivity index (χ0n) is 58.2. The van der Waals surface area contributed by atoms with Gasteiger partial charge in [-0.25, -0.2) is 55.1 Å². The third kappa shape index (κ3) is 26.8. The maximum absolute atomic E-state index is 15.9. The first-order valence-corrected chi connectivity index (χ1v) is 36.0. The molecule has 6 aromatic carbocycles. The van der Waals surface area contributed by atoms with Crippen LogP contribution in [-0.4, -0.2) is 110 Å². The van der Waals surface area contributed by atoms with Crippen LogP contribution in [0, 0.1) is 34.9 Å². The minimum Gasteiger partial charge on any atom is -0.507 e. The second kappa shape index (κ2) is 43.1. The molecule has 3 aliphatic rings. The van der Waals surface area contributed by atoms with Crippen molar-refractivity contribution < 1.29 is 99.0 Å². The Balaban J connectivity index is 0.000000210. The summed E-state index contributed by atoms with van der Waals surface area (Å²) in [6.07, 6.45) is 7.61. The number of phenolic OH excluding ortho intramolecular Hbond substituents is 3. The molecule has 0 aliphatic carbocycles. The number of aromatic hydroxyl groups is 3. The van der Waals surface area contributed by atoms with E-state index in [1.807, 2.05) is 0 Å². The van der Waals surface area contributed by atoms with Gasteiger partial charge in [0.15, 0.2) is 30.2 Å². The highest BCUT2D eigenvalue weighted by atomic mass is 79.9. The third-order valence-electron chi connectivity index (χ3n) is 15.8. The molecular formula is C76H77B2Br4F8N4O13P. The van der Waals surface area contributed by atoms with Crippen molar-refractivity contribution in [1.82, 2.24) is 19.9 Å². The number of hydrogen-bond acceptors (Lipinski definition) is 17. The van der Waals surface area contributed by atoms with Gasteiger partial charge in [0.2, 0.25) is 0 Å². The Kier molecular flexibility index (Phi) is 34.9. The molecule has 7 heterocycles. The first kappa shape index (κ1) is 87.6. The van der Waals surface area contributed by atoms with Crippen LogP contribution in [-0.2, 0) is 25.5 Å². The molecule has 4 aromatic heterocycles. The molecule has 17 nitrogen and oxygen atoms in total. The summed E-state index contributed by atoms with van der Waals surface area (Å²) in [5, 5.41) is 65.4. The summed E-state index contributed by atoms with van der Waals surface area (Å²) in [6.45, 7) is 4.72. The van der Waals surface area contributed by atoms with Gasteiger partial charge in [-0.05, 0) is 274 Å². The number of pyridine rings is 4. The van der Waals surface area contributed by atoms with Gasteiger partial charge in [0.25, 0.3) is 0 Å². The van der Waals surface area contributed by atoms with Gasteiger partial charge < -0.3 is 63.8 Å². The predicted octanol–water partition coefficient (Wildman–Crippen LogP) is 17.3. The van der Waals surface area contributed by atoms with E-state index in [2.05, 4.69) is 83.7 Å². The van der Waals surface area contributed by atoms with Crippen molar-refractivity contribution in [3.8, 4) is 57.0 Å². The fraction of sp³-hybridized carbons (Fsp3) is 0.263. The molecule has 4 unspecified atom stereocenters. The van der Waals surface area contributed by atoms with E-state index in [0.717, 1.165) is 101 Å². The van der Waals surface area contributed by atoms with Gasteiger partial charge in [0.05, 0.1) is 64.2 Å². The molecule has 0 spiro atoms. The Morgan fingerprint density at radius 3 is 1.04 bits per heavy atom. The van der Waals surface area contributed by atoms with Crippen LogP contribution in [0.5, 0.6) is 34.5 Å². The number of nitrogens with zero attached hydrogens (tertiary/aromatic N) is 4. The minimum atomic E-state index is -2.17. The Morgan fingerprint density at radius 2 is 0.713 bits per heavy atom. The van der Waals surface area contributed by atoms with Crippen molar-refractivity contribution in [1.29, 1.82) is 1.28 Å². The maximum atomic E-state index is 15.9. The topological polar surface area (TPSA) is 249 Å². The van der Waals surface area contributed by atoms with Crippen LogP contribution in [0.4, 0.5) is 35.1 Å². The molecule has 0 bridgehead atoms. The number of ether oxygens (including phenoxy) is 6. The van der Waals surface area contributed by atoms with Crippen LogP contribution in [0.15, 0.2) is 200 Å². The van der Waals surface area contributed by atoms with Gasteiger partial charge in [-0.2, -0.15) is 9.84 Å². The van der Waals surface area contributed by atoms with Crippen molar-refractivity contribution in [3.05, 3.63) is 258 Å². The van der Waals surface area contributed by atoms with E-state index < -0.39 is 61.4 Å². The van der Waals surface area contributed by atoms with E-state index >= 15 is 4.39 Å². The highest BCUT2D eigenvalue weighted by molar-refractivity contribution is 9.11. The summed E-state index contributed by atoms with van der Waals surface area (Å²) < 4.78 is 150. The number of aromatic nitrogens is 4. The lowest BCUT2D eigenvalue weighted by Crippen LogP contribution is -2.34. The average Bonchev–Trinajstić information content (AvgIpc) is 0.782. The van der Waals surface area contributed by atoms with Crippen LogP contribution >= 0.6 is 73.6 Å². The molecular weight excluding hydrogens is 1700 g/mol. The smallest absolute Gasteiger partial charge is 0.492 e. The molecule has 0 radical (unpaired) electrons. The molecule has 3 saturated heterocycles. The average molecular weight is 1780 g/mol. The number of benzene rings is 6. The number of rotatable bonds is 14. The van der Waals surface area contributed by atoms with E-state index in [1.54, 1.807) is 64.4 Å². The first-order valence-electron chi connectivity index (χ1n) is 33.4. The van der Waals surface area contributed by atoms with E-state index in [1.165, 1.54) is 105 Å². The molecule has 4 atom stereocenters. The lowest BCUT2D eigenvalue weighted by molar-refractivity contribution is -0.106. The molecule has 0 saturated carbocycles. The van der Waals surface area contributed by atoms with Crippen LogP contribution in [0.2, 0.25) is 0 Å². The zero-order valence-corrected chi connectivity index (χ0v) is 64.7. The van der Waals surface area contributed by atoms with Gasteiger partial charge in [0.1, 0.15) is 78.6 Å². The normalized spacial score (nSPS) is 15.2. The van der Waals surface area contributed by atoms with E-state index in [4.69, 9.17) is 54.9 Å². The highest BCUT2D eigenvalue weighted by Crippen LogP contribution is 2.38. The first-order chi connectivity index (χ1) is 51.5. The van der Waals surface area contributed by atoms with E-state index in [-0.39, 0.29) is 98.9 Å². The van der Waals surface area contributed by atoms with Gasteiger partial charge in [-0.1, -0.05) is 31.7 Å². The molecule has 7 N–H and O–H groups in total. The third-order valence-corrected chi connectivity index (χ3v) is 18.0. The molecule has 13 rings (SSSR count). The van der Waals surface area contributed by atoms with Crippen LogP contribution in [0.1, 0.15) is 102 Å². The molecule has 3 aliphatic heterocycles. The molecule has 10 aromatic rings. The largest absolute Gasteiger partial charge is 0.507 e. The van der Waals surface area contributed by atoms with Gasteiger partial charge in [0, 0.05) is 41.3 Å². The van der Waals surface area contributed by atoms with Crippen LogP contribution < -0.4 is 25.1 Å². The zero-order chi connectivity index (χ0) is 78.7. The summed E-state index contributed by atoms with van der Waals surface area (Å²) in [7, 11) is -1.85. The van der Waals surface area contributed by atoms with Gasteiger partial charge in [-0.15, -0.1) is 0 Å². The van der Waals surface area contributed by atoms with E-state index in [0.29, 0.717) is 48.5 Å². The molecule has 574 valence electrons. The highest BCUT2D eigenvalue weighted by Gasteiger charge is 2.34. The van der Waals surface area contributed by atoms with Crippen molar-refractivity contribution in [3.63, 3.8) is 0 Å². The van der Waals surface area contributed by atoms with E-state index in [9.17, 15) is 40.9 Å². The lowest BCUT2D eigenvalue weighted by atomic mass is 9.79. The summed E-state index contributed by atoms with van der Waals surface area (Å²) in [6, 6.07) is 41.5. The minimum absolute atomic E-state index is 0. The number of phenols is 3. The van der Waals surface area contributed by atoms with Gasteiger partial charge in [-0.3, -0.25) is 0 Å². The fourth-order valence-corrected chi connectivity index (χ4v) is 11.7. The molecule has 108 heavy (non-hydrogen) atoms. The Hall–Kier alpha value is -7.64. The number of halogens is 12. The Bertz CT molecular complexity index is 4320. The standard InChI is InChI=1S/C24H17F3N2O2.C12H9Br2FN2.2C11H14BFO4.C11H12BrFO2.C6H4BrFO.CH4.H3P/c1-24(27,22-6-2-4-18(28-22)16-12-14(25)8-10-20(16)30)23-7-3-5-19(29-23)17-13-15(26)9-11-21(17)31;1-12(15,8-4-2-6-10(13)16-8)9-5-3-7-11(14)17-9;2*13-8-4-5-10(9(7-8)12(14)15)17-11-3-1-2-6-16-11;12-9-7-8(13)4-5-10(9)15-11-3-1-2-6-14-11;7-5-3-4(8)1-2-6(5)9;;/h2-13,30-31H,1H3;2-7H,1H3;2*4-5,7,11,14-15H,1-3,6H2;4-5,7,11H,1-3,6H2;1-3,9H;1H4;1H3/i;;;;;;;1D. The SMILES string of the molecule is C.CC(F)(c1cccc(-c2cc(F)ccc2O)n1)c1cccc(-c2cc(F)ccc2O)n1.CC(F)(c1cccc(Br)n1)c1cccc(Br)n1.Fc1ccc(OC2CCCCO2)c(Br)c1.OB(O)c1cc(F)ccc1OC1CCCCO1.OB(O)c1cc(F)ccc1OC1CCCCO1.Oc1ccc(F)cc1Br.[2H]P. The summed E-state index contributed by atoms with van der Waals surface area (Å²) in [4.78, 5) is 16.8. The summed E-state index contributed by atoms with van der Waals surface area (Å²) in [5.41, 5.74) is -2.58. The Labute approximate surface area is 658 Å². The Morgan fingerprint density at radius 1 is 0.407 bits per heavy atom. The molecule has 32 heteroatoms. The van der Waals surface area contributed by atoms with Crippen LogP contribution in [0.3, 0.4) is 0 Å². The number of alkyl halides is 2. The lowest BCUT2D eigenvalue weighted by Gasteiger charge is -2.24. The second-order valence-electron chi connectivity index (χ2n) is 23.9. The van der Waals surface area contributed by atoms with Crippen molar-refractivity contribution in [2.75, 3.05) is 19.8 Å². The molecule has 3 fully saturated rings.